The molecule has 0 bridgehead atoms. The van der Waals surface area contributed by atoms with Gasteiger partial charge in [-0.15, -0.1) is 0 Å². The van der Waals surface area contributed by atoms with Crippen LogP contribution in [-0.4, -0.2) is 16.2 Å². The number of nitrogens with zero attached hydrogens (tertiary/aromatic N) is 2. The summed E-state index contributed by atoms with van der Waals surface area (Å²) in [5, 5.41) is 0. The molecule has 0 aliphatic rings. The Morgan fingerprint density at radius 1 is 1.33 bits per heavy atom. The van der Waals surface area contributed by atoms with Gasteiger partial charge in [0.25, 0.3) is 5.56 Å². The van der Waals surface area contributed by atoms with Gasteiger partial charge in [0.2, 0.25) is 0 Å². The molecule has 0 spiro atoms. The van der Waals surface area contributed by atoms with Crippen LogP contribution < -0.4 is 10.3 Å². The predicted octanol–water partition coefficient (Wildman–Crippen LogP) is 2.24. The summed E-state index contributed by atoms with van der Waals surface area (Å²) in [7, 11) is 0. The molecule has 94 valence electrons. The van der Waals surface area contributed by atoms with Gasteiger partial charge in [-0.05, 0) is 41.6 Å². The Kier molecular flexibility index (Phi) is 4.35. The molecule has 1 aromatic heterocycles. The van der Waals surface area contributed by atoms with Crippen molar-refractivity contribution in [3.8, 4) is 5.75 Å². The molecule has 0 unspecified atom stereocenters. The third kappa shape index (κ3) is 3.10. The van der Waals surface area contributed by atoms with Crippen molar-refractivity contribution in [3.63, 3.8) is 0 Å². The highest BCUT2D eigenvalue weighted by Crippen LogP contribution is 2.08. The standard InChI is InChI=1S/C13H13IN2O2/c1-10-15-9-12(14)13(17)16(10)7-8-18-11-5-3-2-4-6-11/h2-6,9H,7-8H2,1H3. The predicted molar refractivity (Wildman–Crippen MR) is 77.9 cm³/mol. The topological polar surface area (TPSA) is 44.1 Å². The van der Waals surface area contributed by atoms with Crippen LogP contribution in [0.5, 0.6) is 5.75 Å². The SMILES string of the molecule is Cc1ncc(I)c(=O)n1CCOc1ccccc1. The van der Waals surface area contributed by atoms with Gasteiger partial charge in [-0.25, -0.2) is 4.98 Å². The van der Waals surface area contributed by atoms with Crippen LogP contribution in [0.2, 0.25) is 0 Å². The number of para-hydroxylation sites is 1. The molecular weight excluding hydrogens is 343 g/mol. The summed E-state index contributed by atoms with van der Waals surface area (Å²) in [6, 6.07) is 9.55. The maximum Gasteiger partial charge on any atom is 0.267 e. The van der Waals surface area contributed by atoms with E-state index >= 15 is 0 Å². The fraction of sp³-hybridized carbons (Fsp3) is 0.231. The van der Waals surface area contributed by atoms with Crippen molar-refractivity contribution in [3.05, 3.63) is 56.3 Å². The van der Waals surface area contributed by atoms with E-state index in [9.17, 15) is 4.79 Å². The van der Waals surface area contributed by atoms with Crippen molar-refractivity contribution in [1.82, 2.24) is 9.55 Å². The van der Waals surface area contributed by atoms with Crippen molar-refractivity contribution in [2.45, 2.75) is 13.5 Å². The van der Waals surface area contributed by atoms with Crippen LogP contribution in [0.1, 0.15) is 5.82 Å². The molecule has 18 heavy (non-hydrogen) atoms. The van der Waals surface area contributed by atoms with Crippen LogP contribution in [0.3, 0.4) is 0 Å². The molecule has 2 aromatic rings. The average molecular weight is 356 g/mol. The maximum atomic E-state index is 11.9. The van der Waals surface area contributed by atoms with Crippen molar-refractivity contribution in [1.29, 1.82) is 0 Å². The lowest BCUT2D eigenvalue weighted by molar-refractivity contribution is 0.294. The van der Waals surface area contributed by atoms with Crippen LogP contribution >= 0.6 is 22.6 Å². The number of aryl methyl sites for hydroxylation is 1. The van der Waals surface area contributed by atoms with Crippen molar-refractivity contribution in [2.24, 2.45) is 0 Å². The molecule has 0 aliphatic carbocycles. The zero-order valence-corrected chi connectivity index (χ0v) is 12.1. The first-order chi connectivity index (χ1) is 8.68. The largest absolute Gasteiger partial charge is 0.492 e. The highest BCUT2D eigenvalue weighted by molar-refractivity contribution is 14.1. The van der Waals surface area contributed by atoms with Crippen LogP contribution in [0.15, 0.2) is 41.3 Å². The molecule has 1 heterocycles. The van der Waals surface area contributed by atoms with Gasteiger partial charge >= 0.3 is 0 Å². The zero-order valence-electron chi connectivity index (χ0n) is 9.97. The Hall–Kier alpha value is -1.37. The number of aromatic nitrogens is 2. The van der Waals surface area contributed by atoms with Gasteiger partial charge in [0, 0.05) is 6.20 Å². The minimum absolute atomic E-state index is 0.0141. The smallest absolute Gasteiger partial charge is 0.267 e. The van der Waals surface area contributed by atoms with Gasteiger partial charge in [0.15, 0.2) is 0 Å². The van der Waals surface area contributed by atoms with Crippen LogP contribution in [-0.2, 0) is 6.54 Å². The Balaban J connectivity index is 2.03. The second-order valence-electron chi connectivity index (χ2n) is 3.77. The first-order valence-electron chi connectivity index (χ1n) is 5.58. The number of ether oxygens (including phenoxy) is 1. The van der Waals surface area contributed by atoms with Crippen LogP contribution in [0.4, 0.5) is 0 Å². The molecule has 0 aliphatic heterocycles. The van der Waals surface area contributed by atoms with Gasteiger partial charge < -0.3 is 4.74 Å². The summed E-state index contributed by atoms with van der Waals surface area (Å²) in [4.78, 5) is 16.1. The third-order valence-electron chi connectivity index (χ3n) is 2.53. The quantitative estimate of drug-likeness (QED) is 0.790. The van der Waals surface area contributed by atoms with Crippen molar-refractivity contribution >= 4 is 22.6 Å². The van der Waals surface area contributed by atoms with E-state index in [1.165, 1.54) is 0 Å². The van der Waals surface area contributed by atoms with Crippen molar-refractivity contribution < 1.29 is 4.74 Å². The van der Waals surface area contributed by atoms with E-state index in [2.05, 4.69) is 4.98 Å². The molecule has 0 radical (unpaired) electrons. The molecule has 0 atom stereocenters. The molecular formula is C13H13IN2O2. The molecule has 4 nitrogen and oxygen atoms in total. The summed E-state index contributed by atoms with van der Waals surface area (Å²) in [6.07, 6.45) is 1.59. The minimum atomic E-state index is -0.0141. The van der Waals surface area contributed by atoms with Gasteiger partial charge in [-0.1, -0.05) is 18.2 Å². The summed E-state index contributed by atoms with van der Waals surface area (Å²) in [5.74, 6) is 1.51. The normalized spacial score (nSPS) is 10.3. The lowest BCUT2D eigenvalue weighted by atomic mass is 10.3. The van der Waals surface area contributed by atoms with E-state index in [4.69, 9.17) is 4.74 Å². The summed E-state index contributed by atoms with van der Waals surface area (Å²) in [6.45, 7) is 2.77. The number of benzene rings is 1. The van der Waals surface area contributed by atoms with Gasteiger partial charge in [-0.2, -0.15) is 0 Å². The molecule has 0 fully saturated rings. The highest BCUT2D eigenvalue weighted by Gasteiger charge is 2.05. The Bertz CT molecular complexity index is 581. The average Bonchev–Trinajstić information content (AvgIpc) is 2.39. The second kappa shape index (κ2) is 5.99. The molecule has 2 rings (SSSR count). The number of hydrogen-bond donors (Lipinski definition) is 0. The zero-order chi connectivity index (χ0) is 13.0. The Morgan fingerprint density at radius 2 is 2.06 bits per heavy atom. The van der Waals surface area contributed by atoms with E-state index in [-0.39, 0.29) is 5.56 Å². The first-order valence-corrected chi connectivity index (χ1v) is 6.66. The Morgan fingerprint density at radius 3 is 2.78 bits per heavy atom. The van der Waals surface area contributed by atoms with E-state index in [1.807, 2.05) is 59.8 Å². The van der Waals surface area contributed by atoms with E-state index < -0.39 is 0 Å². The summed E-state index contributed by atoms with van der Waals surface area (Å²) in [5.41, 5.74) is -0.0141. The van der Waals surface area contributed by atoms with Gasteiger partial charge in [0.05, 0.1) is 10.1 Å². The summed E-state index contributed by atoms with van der Waals surface area (Å²) >= 11 is 1.99. The molecule has 1 aromatic carbocycles. The monoisotopic (exact) mass is 356 g/mol. The lowest BCUT2D eigenvalue weighted by Gasteiger charge is -2.10. The lowest BCUT2D eigenvalue weighted by Crippen LogP contribution is -2.27. The van der Waals surface area contributed by atoms with Crippen LogP contribution in [0, 0.1) is 10.5 Å². The number of hydrogen-bond acceptors (Lipinski definition) is 3. The fourth-order valence-electron chi connectivity index (χ4n) is 1.59. The second-order valence-corrected chi connectivity index (χ2v) is 4.93. The molecule has 0 N–H and O–H groups in total. The molecule has 0 amide bonds. The third-order valence-corrected chi connectivity index (χ3v) is 3.27. The van der Waals surface area contributed by atoms with E-state index in [0.29, 0.717) is 22.5 Å². The molecule has 5 heteroatoms. The maximum absolute atomic E-state index is 11.9. The van der Waals surface area contributed by atoms with Crippen molar-refractivity contribution in [2.75, 3.05) is 6.61 Å². The molecule has 0 saturated heterocycles. The minimum Gasteiger partial charge on any atom is -0.492 e. The van der Waals surface area contributed by atoms with E-state index in [1.54, 1.807) is 10.8 Å². The van der Waals surface area contributed by atoms with E-state index in [0.717, 1.165) is 5.75 Å². The van der Waals surface area contributed by atoms with Gasteiger partial charge in [-0.3, -0.25) is 9.36 Å². The Labute approximate surface area is 119 Å². The fourth-order valence-corrected chi connectivity index (χ4v) is 2.02. The number of halogens is 1. The van der Waals surface area contributed by atoms with Crippen LogP contribution in [0.25, 0.3) is 0 Å². The van der Waals surface area contributed by atoms with Gasteiger partial charge in [0.1, 0.15) is 18.2 Å². The first kappa shape index (κ1) is 13.1. The number of rotatable bonds is 4. The summed E-state index contributed by atoms with van der Waals surface area (Å²) < 4.78 is 7.82. The molecule has 0 saturated carbocycles. The highest BCUT2D eigenvalue weighted by atomic mass is 127.